The highest BCUT2D eigenvalue weighted by atomic mass is 35.5. The lowest BCUT2D eigenvalue weighted by molar-refractivity contribution is 0.102. The predicted molar refractivity (Wildman–Crippen MR) is 106 cm³/mol. The summed E-state index contributed by atoms with van der Waals surface area (Å²) in [5.41, 5.74) is 0.651. The van der Waals surface area contributed by atoms with Crippen LogP contribution in [0.1, 0.15) is 22.8 Å². The van der Waals surface area contributed by atoms with Crippen LogP contribution in [0.5, 0.6) is 0 Å². The van der Waals surface area contributed by atoms with Crippen LogP contribution in [0.25, 0.3) is 0 Å². The van der Waals surface area contributed by atoms with Gasteiger partial charge in [0.2, 0.25) is 16.0 Å². The Hall–Kier alpha value is -2.58. The average molecular weight is 407 g/mol. The quantitative estimate of drug-likeness (QED) is 0.729. The molecule has 9 heteroatoms. The zero-order valence-corrected chi connectivity index (χ0v) is 16.4. The van der Waals surface area contributed by atoms with Crippen LogP contribution in [0.3, 0.4) is 0 Å². The third-order valence-corrected chi connectivity index (χ3v) is 6.67. The van der Waals surface area contributed by atoms with Gasteiger partial charge in [-0.05, 0) is 48.9 Å². The van der Waals surface area contributed by atoms with Crippen LogP contribution in [0.15, 0.2) is 48.5 Å². The maximum Gasteiger partial charge on any atom is 0.255 e. The fourth-order valence-corrected chi connectivity index (χ4v) is 4.49. The van der Waals surface area contributed by atoms with Crippen LogP contribution in [0.2, 0.25) is 5.02 Å². The molecule has 0 unspecified atom stereocenters. The van der Waals surface area contributed by atoms with E-state index < -0.39 is 15.6 Å². The molecule has 1 saturated heterocycles. The van der Waals surface area contributed by atoms with Gasteiger partial charge in [-0.1, -0.05) is 23.7 Å². The Bertz CT molecular complexity index is 1010. The predicted octanol–water partition coefficient (Wildman–Crippen LogP) is 2.61. The number of carbonyl (C=O) groups is 1. The van der Waals surface area contributed by atoms with Gasteiger partial charge in [0, 0.05) is 23.3 Å². The third-order valence-electron chi connectivity index (χ3n) is 4.46. The summed E-state index contributed by atoms with van der Waals surface area (Å²) < 4.78 is 25.6. The highest BCUT2D eigenvalue weighted by Crippen LogP contribution is 2.29. The van der Waals surface area contributed by atoms with Crippen molar-refractivity contribution in [2.75, 3.05) is 18.1 Å². The minimum absolute atomic E-state index is 0.195. The minimum atomic E-state index is -3.60. The number of nitrogens with zero attached hydrogens (tertiary/aromatic N) is 1. The zero-order valence-electron chi connectivity index (χ0n) is 14.8. The molecule has 0 saturated carbocycles. The number of benzene rings is 2. The van der Waals surface area contributed by atoms with Crippen molar-refractivity contribution in [1.82, 2.24) is 9.62 Å². The maximum absolute atomic E-state index is 12.4. The monoisotopic (exact) mass is 406 g/mol. The van der Waals surface area contributed by atoms with E-state index in [2.05, 4.69) is 10.6 Å². The molecule has 3 N–H and O–H groups in total. The second-order valence-electron chi connectivity index (χ2n) is 6.57. The molecule has 142 valence electrons. The number of guanidine groups is 1. The van der Waals surface area contributed by atoms with Crippen LogP contribution in [0.4, 0.5) is 5.69 Å². The molecule has 0 aromatic heterocycles. The standard InChI is InChI=1S/C18H19ClN4O3S/c1-18(11-27(25,26)23(2)17(20)22-18)13-4-3-5-15(10-13)21-16(24)12-6-8-14(19)9-7-12/h3-10H,11H2,1-2H3,(H2,20,22)(H,21,24)/t18-/m0/s1. The SMILES string of the molecule is CN1C(=N)N[C@](C)(c2cccc(NC(=O)c3ccc(Cl)cc3)c2)CS1(=O)=O. The summed E-state index contributed by atoms with van der Waals surface area (Å²) >= 11 is 5.84. The molecular weight excluding hydrogens is 388 g/mol. The summed E-state index contributed by atoms with van der Waals surface area (Å²) in [7, 11) is -2.26. The number of carbonyl (C=O) groups excluding carboxylic acids is 1. The number of halogens is 1. The molecule has 1 aliphatic heterocycles. The van der Waals surface area contributed by atoms with E-state index in [1.54, 1.807) is 55.5 Å². The van der Waals surface area contributed by atoms with Crippen molar-refractivity contribution >= 4 is 39.2 Å². The molecule has 0 bridgehead atoms. The molecule has 27 heavy (non-hydrogen) atoms. The first kappa shape index (κ1) is 19.2. The number of hydrogen-bond donors (Lipinski definition) is 3. The van der Waals surface area contributed by atoms with Gasteiger partial charge in [0.15, 0.2) is 0 Å². The summed E-state index contributed by atoms with van der Waals surface area (Å²) in [6, 6.07) is 13.4. The first-order valence-corrected chi connectivity index (χ1v) is 10.1. The second-order valence-corrected chi connectivity index (χ2v) is 9.01. The van der Waals surface area contributed by atoms with Gasteiger partial charge in [0.1, 0.15) is 0 Å². The molecule has 7 nitrogen and oxygen atoms in total. The lowest BCUT2D eigenvalue weighted by Gasteiger charge is -2.40. The van der Waals surface area contributed by atoms with E-state index in [1.165, 1.54) is 7.05 Å². The Morgan fingerprint density at radius 1 is 1.26 bits per heavy atom. The zero-order chi connectivity index (χ0) is 19.8. The van der Waals surface area contributed by atoms with Gasteiger partial charge in [-0.25, -0.2) is 12.7 Å². The number of sulfonamides is 1. The molecule has 0 aliphatic carbocycles. The van der Waals surface area contributed by atoms with E-state index in [0.29, 0.717) is 21.8 Å². The lowest BCUT2D eigenvalue weighted by atomic mass is 9.93. The van der Waals surface area contributed by atoms with Crippen LogP contribution in [-0.4, -0.2) is 37.4 Å². The molecule has 0 spiro atoms. The van der Waals surface area contributed by atoms with E-state index >= 15 is 0 Å². The van der Waals surface area contributed by atoms with Crippen LogP contribution in [-0.2, 0) is 15.6 Å². The van der Waals surface area contributed by atoms with Crippen molar-refractivity contribution in [3.05, 3.63) is 64.7 Å². The Morgan fingerprint density at radius 3 is 2.56 bits per heavy atom. The van der Waals surface area contributed by atoms with E-state index in [9.17, 15) is 13.2 Å². The fourth-order valence-electron chi connectivity index (χ4n) is 2.88. The first-order chi connectivity index (χ1) is 12.6. The van der Waals surface area contributed by atoms with Crippen molar-refractivity contribution in [2.24, 2.45) is 0 Å². The molecule has 2 aromatic rings. The summed E-state index contributed by atoms with van der Waals surface area (Å²) in [4.78, 5) is 12.4. The van der Waals surface area contributed by atoms with E-state index in [4.69, 9.17) is 17.0 Å². The van der Waals surface area contributed by atoms with Gasteiger partial charge in [-0.2, -0.15) is 0 Å². The molecule has 1 amide bonds. The van der Waals surface area contributed by atoms with Crippen LogP contribution < -0.4 is 10.6 Å². The highest BCUT2D eigenvalue weighted by Gasteiger charge is 2.41. The number of nitrogens with one attached hydrogen (secondary N) is 3. The normalized spacial score (nSPS) is 21.4. The Labute approximate surface area is 162 Å². The number of hydrogen-bond acceptors (Lipinski definition) is 4. The average Bonchev–Trinajstić information content (AvgIpc) is 2.60. The molecule has 1 fully saturated rings. The number of amides is 1. The molecule has 2 aromatic carbocycles. The van der Waals surface area contributed by atoms with Crippen LogP contribution in [0, 0.1) is 5.41 Å². The molecule has 0 radical (unpaired) electrons. The van der Waals surface area contributed by atoms with Crippen LogP contribution >= 0.6 is 11.6 Å². The summed E-state index contributed by atoms with van der Waals surface area (Å²) in [5, 5.41) is 14.2. The van der Waals surface area contributed by atoms with Crippen molar-refractivity contribution in [3.63, 3.8) is 0 Å². The Kier molecular flexibility index (Phi) is 4.88. The van der Waals surface area contributed by atoms with E-state index in [1.807, 2.05) is 0 Å². The van der Waals surface area contributed by atoms with Gasteiger partial charge < -0.3 is 10.6 Å². The fraction of sp³-hybridized carbons (Fsp3) is 0.222. The minimum Gasteiger partial charge on any atom is -0.345 e. The highest BCUT2D eigenvalue weighted by molar-refractivity contribution is 7.89. The number of rotatable bonds is 3. The Morgan fingerprint density at radius 2 is 1.93 bits per heavy atom. The van der Waals surface area contributed by atoms with E-state index in [-0.39, 0.29) is 17.6 Å². The second kappa shape index (κ2) is 6.86. The maximum atomic E-state index is 12.4. The van der Waals surface area contributed by atoms with Gasteiger partial charge in [-0.15, -0.1) is 0 Å². The first-order valence-electron chi connectivity index (χ1n) is 8.11. The topological polar surface area (TPSA) is 102 Å². The summed E-state index contributed by atoms with van der Waals surface area (Å²) in [5.74, 6) is -0.696. The molecule has 1 heterocycles. The van der Waals surface area contributed by atoms with Crippen molar-refractivity contribution in [2.45, 2.75) is 12.5 Å². The summed E-state index contributed by atoms with van der Waals surface area (Å²) in [6.45, 7) is 1.71. The number of anilines is 1. The van der Waals surface area contributed by atoms with E-state index in [0.717, 1.165) is 4.31 Å². The van der Waals surface area contributed by atoms with Crippen molar-refractivity contribution < 1.29 is 13.2 Å². The van der Waals surface area contributed by atoms with Gasteiger partial charge in [0.25, 0.3) is 5.91 Å². The molecule has 1 aliphatic rings. The smallest absolute Gasteiger partial charge is 0.255 e. The third kappa shape index (κ3) is 3.91. The largest absolute Gasteiger partial charge is 0.345 e. The van der Waals surface area contributed by atoms with Gasteiger partial charge in [-0.3, -0.25) is 10.2 Å². The van der Waals surface area contributed by atoms with Crippen molar-refractivity contribution in [3.8, 4) is 0 Å². The van der Waals surface area contributed by atoms with Gasteiger partial charge >= 0.3 is 0 Å². The Balaban J connectivity index is 1.86. The van der Waals surface area contributed by atoms with Crippen molar-refractivity contribution in [1.29, 1.82) is 5.41 Å². The molecular formula is C18H19ClN4O3S. The molecule has 3 rings (SSSR count). The lowest BCUT2D eigenvalue weighted by Crippen LogP contribution is -2.60. The molecule has 1 atom stereocenters. The summed E-state index contributed by atoms with van der Waals surface area (Å²) in [6.07, 6.45) is 0. The van der Waals surface area contributed by atoms with Gasteiger partial charge in [0.05, 0.1) is 11.3 Å².